The monoisotopic (exact) mass is 287 g/mol. The second kappa shape index (κ2) is 8.08. The maximum absolute atomic E-state index is 12.1. The van der Waals surface area contributed by atoms with E-state index < -0.39 is 6.10 Å². The Morgan fingerprint density at radius 1 is 1.05 bits per heavy atom. The molecule has 3 nitrogen and oxygen atoms in total. The molecule has 0 amide bonds. The van der Waals surface area contributed by atoms with Crippen LogP contribution in [0.4, 0.5) is 5.69 Å². The third-order valence-electron chi connectivity index (χ3n) is 4.03. The summed E-state index contributed by atoms with van der Waals surface area (Å²) < 4.78 is 0. The highest BCUT2D eigenvalue weighted by molar-refractivity contribution is 6.20. The minimum absolute atomic E-state index is 0.210. The van der Waals surface area contributed by atoms with Crippen molar-refractivity contribution in [1.82, 2.24) is 0 Å². The maximum atomic E-state index is 12.1. The van der Waals surface area contributed by atoms with Crippen LogP contribution in [0.3, 0.4) is 0 Å². The molecule has 1 aliphatic rings. The molecule has 0 spiro atoms. The predicted molar refractivity (Wildman–Crippen MR) is 86.5 cm³/mol. The van der Waals surface area contributed by atoms with Crippen LogP contribution in [0, 0.1) is 0 Å². The topological polar surface area (TPSA) is 49.7 Å². The van der Waals surface area contributed by atoms with Gasteiger partial charge in [-0.1, -0.05) is 57.6 Å². The van der Waals surface area contributed by atoms with Crippen molar-refractivity contribution in [3.05, 3.63) is 29.8 Å². The number of hydrogen-bond donors (Lipinski definition) is 1. The van der Waals surface area contributed by atoms with Crippen LogP contribution < -0.4 is 0 Å². The highest BCUT2D eigenvalue weighted by Crippen LogP contribution is 2.27. The Hall–Kier alpha value is -1.48. The summed E-state index contributed by atoms with van der Waals surface area (Å²) in [6.07, 6.45) is 8.23. The summed E-state index contributed by atoms with van der Waals surface area (Å²) in [7, 11) is 0. The van der Waals surface area contributed by atoms with Crippen molar-refractivity contribution >= 4 is 17.2 Å². The van der Waals surface area contributed by atoms with Gasteiger partial charge in [0.2, 0.25) is 0 Å². The van der Waals surface area contributed by atoms with Gasteiger partial charge in [0.15, 0.2) is 11.9 Å². The molecule has 0 fully saturated rings. The number of hydrogen-bond acceptors (Lipinski definition) is 3. The molecule has 0 saturated carbocycles. The molecule has 0 aliphatic carbocycles. The molecule has 1 aromatic carbocycles. The zero-order valence-electron chi connectivity index (χ0n) is 12.8. The molecule has 1 unspecified atom stereocenters. The first kappa shape index (κ1) is 15.9. The molecule has 2 rings (SSSR count). The standard InChI is InChI=1S/C18H25NO2/c1-2-3-4-5-6-7-8-13-16-18(21)17(20)14-11-9-10-12-15(14)19-16/h9-12,18,21H,2-8,13H2,1H3. The summed E-state index contributed by atoms with van der Waals surface area (Å²) in [5.74, 6) is -0.210. The number of benzene rings is 1. The third kappa shape index (κ3) is 4.24. The van der Waals surface area contributed by atoms with Crippen molar-refractivity contribution in [2.24, 2.45) is 4.99 Å². The molecule has 21 heavy (non-hydrogen) atoms. The fourth-order valence-corrected chi connectivity index (χ4v) is 2.75. The minimum atomic E-state index is -1.04. The number of aliphatic imine (C=N–C) groups is 1. The van der Waals surface area contributed by atoms with E-state index in [2.05, 4.69) is 11.9 Å². The van der Waals surface area contributed by atoms with Crippen molar-refractivity contribution in [3.8, 4) is 0 Å². The van der Waals surface area contributed by atoms with E-state index in [1.54, 1.807) is 12.1 Å². The number of carbonyl (C=O) groups excluding carboxylic acids is 1. The summed E-state index contributed by atoms with van der Waals surface area (Å²) in [6, 6.07) is 7.25. The van der Waals surface area contributed by atoms with E-state index in [1.807, 2.05) is 12.1 Å². The number of aliphatic hydroxyl groups is 1. The van der Waals surface area contributed by atoms with Crippen LogP contribution in [0.5, 0.6) is 0 Å². The van der Waals surface area contributed by atoms with Crippen molar-refractivity contribution in [2.45, 2.75) is 64.4 Å². The molecule has 1 atom stereocenters. The molecule has 114 valence electrons. The Kier molecular flexibility index (Phi) is 6.12. The van der Waals surface area contributed by atoms with Gasteiger partial charge in [-0.15, -0.1) is 0 Å². The van der Waals surface area contributed by atoms with Crippen LogP contribution in [0.2, 0.25) is 0 Å². The Labute approximate surface area is 127 Å². The molecule has 0 saturated heterocycles. The van der Waals surface area contributed by atoms with Crippen molar-refractivity contribution < 1.29 is 9.90 Å². The number of para-hydroxylation sites is 1. The molecular formula is C18H25NO2. The molecule has 1 N–H and O–H groups in total. The van der Waals surface area contributed by atoms with Gasteiger partial charge in [-0.05, 0) is 25.0 Å². The van der Waals surface area contributed by atoms with Gasteiger partial charge < -0.3 is 5.11 Å². The van der Waals surface area contributed by atoms with Gasteiger partial charge >= 0.3 is 0 Å². The first-order valence-electron chi connectivity index (χ1n) is 8.12. The molecule has 1 aliphatic heterocycles. The summed E-state index contributed by atoms with van der Waals surface area (Å²) >= 11 is 0. The minimum Gasteiger partial charge on any atom is -0.379 e. The number of Topliss-reactive ketones (excluding diaryl/α,β-unsaturated/α-hetero) is 1. The van der Waals surface area contributed by atoms with Gasteiger partial charge in [0, 0.05) is 5.56 Å². The normalized spacial score (nSPS) is 17.5. The third-order valence-corrected chi connectivity index (χ3v) is 4.03. The summed E-state index contributed by atoms with van der Waals surface area (Å²) in [5, 5.41) is 10.1. The summed E-state index contributed by atoms with van der Waals surface area (Å²) in [5.41, 5.74) is 1.87. The van der Waals surface area contributed by atoms with E-state index in [0.29, 0.717) is 17.0 Å². The lowest BCUT2D eigenvalue weighted by Crippen LogP contribution is -2.32. The Morgan fingerprint density at radius 3 is 2.48 bits per heavy atom. The van der Waals surface area contributed by atoms with Gasteiger partial charge in [0.25, 0.3) is 0 Å². The van der Waals surface area contributed by atoms with E-state index in [4.69, 9.17) is 0 Å². The van der Waals surface area contributed by atoms with E-state index in [0.717, 1.165) is 19.3 Å². The molecule has 0 bridgehead atoms. The van der Waals surface area contributed by atoms with Crippen molar-refractivity contribution in [2.75, 3.05) is 0 Å². The smallest absolute Gasteiger partial charge is 0.199 e. The van der Waals surface area contributed by atoms with E-state index in [1.165, 1.54) is 32.1 Å². The van der Waals surface area contributed by atoms with Gasteiger partial charge in [-0.2, -0.15) is 0 Å². The van der Waals surface area contributed by atoms with Crippen LogP contribution in [-0.4, -0.2) is 22.7 Å². The Bertz CT molecular complexity index is 508. The van der Waals surface area contributed by atoms with Crippen LogP contribution >= 0.6 is 0 Å². The van der Waals surface area contributed by atoms with Crippen LogP contribution in [0.25, 0.3) is 0 Å². The SMILES string of the molecule is CCCCCCCCCC1=Nc2ccccc2C(=O)C1O. The van der Waals surface area contributed by atoms with E-state index >= 15 is 0 Å². The zero-order valence-corrected chi connectivity index (χ0v) is 12.8. The molecular weight excluding hydrogens is 262 g/mol. The summed E-state index contributed by atoms with van der Waals surface area (Å²) in [6.45, 7) is 2.22. The van der Waals surface area contributed by atoms with Gasteiger partial charge in [0.05, 0.1) is 11.4 Å². The predicted octanol–water partition coefficient (Wildman–Crippen LogP) is 4.46. The van der Waals surface area contributed by atoms with Crippen LogP contribution in [-0.2, 0) is 0 Å². The average Bonchev–Trinajstić information content (AvgIpc) is 2.51. The maximum Gasteiger partial charge on any atom is 0.199 e. The van der Waals surface area contributed by atoms with Crippen LogP contribution in [0.15, 0.2) is 29.3 Å². The zero-order chi connectivity index (χ0) is 15.1. The number of unbranched alkanes of at least 4 members (excludes halogenated alkanes) is 6. The van der Waals surface area contributed by atoms with E-state index in [9.17, 15) is 9.90 Å². The average molecular weight is 287 g/mol. The van der Waals surface area contributed by atoms with Gasteiger partial charge in [-0.25, -0.2) is 0 Å². The fraction of sp³-hybridized carbons (Fsp3) is 0.556. The molecule has 3 heteroatoms. The molecule has 1 heterocycles. The highest BCUT2D eigenvalue weighted by Gasteiger charge is 2.28. The first-order chi connectivity index (χ1) is 10.2. The lowest BCUT2D eigenvalue weighted by molar-refractivity contribution is 0.0838. The fourth-order valence-electron chi connectivity index (χ4n) is 2.75. The second-order valence-electron chi connectivity index (χ2n) is 5.76. The largest absolute Gasteiger partial charge is 0.379 e. The van der Waals surface area contributed by atoms with Crippen molar-refractivity contribution in [1.29, 1.82) is 0 Å². The lowest BCUT2D eigenvalue weighted by Gasteiger charge is -2.19. The number of nitrogens with zero attached hydrogens (tertiary/aromatic N) is 1. The van der Waals surface area contributed by atoms with E-state index in [-0.39, 0.29) is 5.78 Å². The number of rotatable bonds is 8. The van der Waals surface area contributed by atoms with Gasteiger partial charge in [0.1, 0.15) is 0 Å². The van der Waals surface area contributed by atoms with Gasteiger partial charge in [-0.3, -0.25) is 9.79 Å². The highest BCUT2D eigenvalue weighted by atomic mass is 16.3. The molecule has 0 radical (unpaired) electrons. The van der Waals surface area contributed by atoms with Crippen molar-refractivity contribution in [3.63, 3.8) is 0 Å². The molecule has 0 aromatic heterocycles. The number of aliphatic hydroxyl groups excluding tert-OH is 1. The summed E-state index contributed by atoms with van der Waals surface area (Å²) in [4.78, 5) is 16.6. The number of ketones is 1. The second-order valence-corrected chi connectivity index (χ2v) is 5.76. The number of carbonyl (C=O) groups is 1. The lowest BCUT2D eigenvalue weighted by atomic mass is 9.94. The first-order valence-corrected chi connectivity index (χ1v) is 8.12. The van der Waals surface area contributed by atoms with Crippen LogP contribution in [0.1, 0.15) is 68.6 Å². The Balaban J connectivity index is 1.83. The Morgan fingerprint density at radius 2 is 1.71 bits per heavy atom. The number of fused-ring (bicyclic) bond motifs is 1. The quantitative estimate of drug-likeness (QED) is 0.718. The molecule has 1 aromatic rings.